The summed E-state index contributed by atoms with van der Waals surface area (Å²) in [5, 5.41) is 9.85. The highest BCUT2D eigenvalue weighted by molar-refractivity contribution is 5.96. The lowest BCUT2D eigenvalue weighted by atomic mass is 10.2. The van der Waals surface area contributed by atoms with Crippen molar-refractivity contribution in [2.24, 2.45) is 0 Å². The lowest BCUT2D eigenvalue weighted by molar-refractivity contribution is 0.0511. The van der Waals surface area contributed by atoms with E-state index in [0.29, 0.717) is 35.0 Å². The third kappa shape index (κ3) is 6.14. The molecule has 2 aromatic carbocycles. The first kappa shape index (κ1) is 28.7. The zero-order valence-corrected chi connectivity index (χ0v) is 20.9. The summed E-state index contributed by atoms with van der Waals surface area (Å²) in [7, 11) is 3.00. The van der Waals surface area contributed by atoms with E-state index in [0.717, 1.165) is 24.3 Å². The average molecular weight is 538 g/mol. The van der Waals surface area contributed by atoms with Gasteiger partial charge < -0.3 is 28.5 Å². The summed E-state index contributed by atoms with van der Waals surface area (Å²) >= 11 is 0. The molecule has 0 aliphatic rings. The van der Waals surface area contributed by atoms with Crippen molar-refractivity contribution in [3.63, 3.8) is 0 Å². The van der Waals surface area contributed by atoms with Gasteiger partial charge in [-0.2, -0.15) is 0 Å². The quantitative estimate of drug-likeness (QED) is 0.238. The molecule has 8 nitrogen and oxygen atoms in total. The van der Waals surface area contributed by atoms with Crippen LogP contribution in [0.3, 0.4) is 0 Å². The van der Waals surface area contributed by atoms with E-state index in [-0.39, 0.29) is 31.1 Å². The second-order valence-corrected chi connectivity index (χ2v) is 8.02. The van der Waals surface area contributed by atoms with Crippen LogP contribution in [0.2, 0.25) is 0 Å². The Balaban J connectivity index is 0.000000212. The molecule has 0 radical (unpaired) electrons. The summed E-state index contributed by atoms with van der Waals surface area (Å²) in [5.74, 6) is -5.58. The molecular weight excluding hydrogens is 512 g/mol. The maximum Gasteiger partial charge on any atom is 0.354 e. The van der Waals surface area contributed by atoms with E-state index in [2.05, 4.69) is 0 Å². The molecule has 204 valence electrons. The van der Waals surface area contributed by atoms with Gasteiger partial charge >= 0.3 is 11.9 Å². The van der Waals surface area contributed by atoms with Gasteiger partial charge in [0.2, 0.25) is 0 Å². The number of methoxy groups -OCH3 is 2. The molecule has 2 heterocycles. The second-order valence-electron chi connectivity index (χ2n) is 8.02. The van der Waals surface area contributed by atoms with Crippen LogP contribution in [0.4, 0.5) is 17.6 Å². The van der Waals surface area contributed by atoms with Gasteiger partial charge in [-0.25, -0.2) is 27.2 Å². The highest BCUT2D eigenvalue weighted by atomic mass is 19.2. The van der Waals surface area contributed by atoms with Gasteiger partial charge in [-0.3, -0.25) is 0 Å². The van der Waals surface area contributed by atoms with Crippen molar-refractivity contribution < 1.29 is 46.5 Å². The van der Waals surface area contributed by atoms with Gasteiger partial charge in [0.1, 0.15) is 11.4 Å². The van der Waals surface area contributed by atoms with Gasteiger partial charge in [0.15, 0.2) is 23.3 Å². The SMILES string of the molecule is CCOC(=O)c1cc2cc(F)c(F)cc2n1CCOC.COCCn1c(C(=O)O)cc2cc(F)c(F)cc21. The number of ether oxygens (including phenoxy) is 3. The van der Waals surface area contributed by atoms with Crippen molar-refractivity contribution in [1.82, 2.24) is 9.13 Å². The lowest BCUT2D eigenvalue weighted by Crippen LogP contribution is -2.14. The molecule has 0 fully saturated rings. The van der Waals surface area contributed by atoms with E-state index >= 15 is 0 Å². The maximum absolute atomic E-state index is 13.4. The number of hydrogen-bond acceptors (Lipinski definition) is 5. The van der Waals surface area contributed by atoms with Crippen LogP contribution in [0.1, 0.15) is 27.9 Å². The number of carboxylic acids is 1. The van der Waals surface area contributed by atoms with Gasteiger partial charge in [-0.15, -0.1) is 0 Å². The van der Waals surface area contributed by atoms with E-state index in [1.807, 2.05) is 0 Å². The van der Waals surface area contributed by atoms with Crippen molar-refractivity contribution in [2.45, 2.75) is 20.0 Å². The highest BCUT2D eigenvalue weighted by Gasteiger charge is 2.19. The first-order valence-electron chi connectivity index (χ1n) is 11.5. The zero-order valence-electron chi connectivity index (χ0n) is 20.9. The Kier molecular flexibility index (Phi) is 9.48. The number of carboxylic acid groups (broad SMARTS) is 1. The summed E-state index contributed by atoms with van der Waals surface area (Å²) in [6.07, 6.45) is 0. The number of aromatic carboxylic acids is 1. The van der Waals surface area contributed by atoms with Crippen LogP contribution in [0.15, 0.2) is 36.4 Å². The van der Waals surface area contributed by atoms with Gasteiger partial charge in [-0.1, -0.05) is 0 Å². The van der Waals surface area contributed by atoms with E-state index < -0.39 is 35.2 Å². The van der Waals surface area contributed by atoms with Crippen molar-refractivity contribution in [3.8, 4) is 0 Å². The molecule has 0 bridgehead atoms. The largest absolute Gasteiger partial charge is 0.477 e. The van der Waals surface area contributed by atoms with E-state index in [9.17, 15) is 27.2 Å². The fourth-order valence-electron chi connectivity index (χ4n) is 3.91. The molecular formula is C26H26F4N2O6. The molecule has 0 saturated carbocycles. The van der Waals surface area contributed by atoms with Crippen LogP contribution >= 0.6 is 0 Å². The topological polar surface area (TPSA) is 91.9 Å². The molecule has 1 N–H and O–H groups in total. The number of rotatable bonds is 9. The average Bonchev–Trinajstić information content (AvgIpc) is 3.40. The fourth-order valence-corrected chi connectivity index (χ4v) is 3.91. The molecule has 4 rings (SSSR count). The summed E-state index contributed by atoms with van der Waals surface area (Å²) < 4.78 is 70.7. The van der Waals surface area contributed by atoms with Crippen LogP contribution in [0, 0.1) is 23.3 Å². The van der Waals surface area contributed by atoms with Crippen LogP contribution in [0.25, 0.3) is 21.8 Å². The van der Waals surface area contributed by atoms with Crippen LogP contribution in [-0.4, -0.2) is 60.2 Å². The Hall–Kier alpha value is -3.90. The molecule has 2 aromatic heterocycles. The number of aromatic nitrogens is 2. The van der Waals surface area contributed by atoms with Crippen LogP contribution in [0.5, 0.6) is 0 Å². The Bertz CT molecular complexity index is 1460. The Labute approximate surface area is 214 Å². The number of carbonyl (C=O) groups excluding carboxylic acids is 1. The predicted molar refractivity (Wildman–Crippen MR) is 130 cm³/mol. The van der Waals surface area contributed by atoms with Gasteiger partial charge in [-0.05, 0) is 31.2 Å². The number of nitrogens with zero attached hydrogens (tertiary/aromatic N) is 2. The molecule has 0 amide bonds. The van der Waals surface area contributed by atoms with Crippen molar-refractivity contribution in [3.05, 3.63) is 71.1 Å². The first-order valence-corrected chi connectivity index (χ1v) is 11.5. The Morgan fingerprint density at radius 2 is 1.16 bits per heavy atom. The van der Waals surface area contributed by atoms with Gasteiger partial charge in [0, 0.05) is 50.2 Å². The van der Waals surface area contributed by atoms with Crippen molar-refractivity contribution >= 4 is 33.7 Å². The van der Waals surface area contributed by atoms with Crippen LogP contribution < -0.4 is 0 Å². The number of carbonyl (C=O) groups is 2. The fraction of sp³-hybridized carbons (Fsp3) is 0.308. The molecule has 38 heavy (non-hydrogen) atoms. The second kappa shape index (κ2) is 12.6. The molecule has 0 spiro atoms. The standard InChI is InChI=1S/C14H15F2NO3.C12H11F2NO3/c1-3-20-14(18)13-7-9-6-10(15)11(16)8-12(9)17(13)4-5-19-2;1-18-3-2-15-10-6-9(14)8(13)4-7(10)5-11(15)12(16)17/h6-8H,3-5H2,1-2H3;4-6H,2-3H2,1H3,(H,16,17). The predicted octanol–water partition coefficient (Wildman–Crippen LogP) is 5.01. The monoisotopic (exact) mass is 538 g/mol. The minimum Gasteiger partial charge on any atom is -0.477 e. The Morgan fingerprint density at radius 3 is 1.58 bits per heavy atom. The summed E-state index contributed by atoms with van der Waals surface area (Å²) in [6, 6.07) is 6.92. The minimum atomic E-state index is -1.15. The minimum absolute atomic E-state index is 0.0212. The zero-order chi connectivity index (χ0) is 28.0. The van der Waals surface area contributed by atoms with Gasteiger partial charge in [0.25, 0.3) is 0 Å². The number of hydrogen-bond donors (Lipinski definition) is 1. The Morgan fingerprint density at radius 1 is 0.737 bits per heavy atom. The van der Waals surface area contributed by atoms with E-state index in [1.54, 1.807) is 11.5 Å². The third-order valence-electron chi connectivity index (χ3n) is 5.63. The highest BCUT2D eigenvalue weighted by Crippen LogP contribution is 2.25. The molecule has 0 atom stereocenters. The summed E-state index contributed by atoms with van der Waals surface area (Å²) in [6.45, 7) is 3.15. The maximum atomic E-state index is 13.4. The van der Waals surface area contributed by atoms with Gasteiger partial charge in [0.05, 0.1) is 30.9 Å². The third-order valence-corrected chi connectivity index (χ3v) is 5.63. The number of fused-ring (bicyclic) bond motifs is 2. The van der Waals surface area contributed by atoms with E-state index in [1.165, 1.54) is 30.9 Å². The smallest absolute Gasteiger partial charge is 0.354 e. The number of esters is 1. The normalized spacial score (nSPS) is 11.0. The van der Waals surface area contributed by atoms with E-state index in [4.69, 9.17) is 19.3 Å². The molecule has 0 unspecified atom stereocenters. The van der Waals surface area contributed by atoms with Crippen molar-refractivity contribution in [2.75, 3.05) is 34.0 Å². The lowest BCUT2D eigenvalue weighted by Gasteiger charge is -2.09. The molecule has 4 aromatic rings. The molecule has 12 heteroatoms. The summed E-state index contributed by atoms with van der Waals surface area (Å²) in [4.78, 5) is 23.0. The van der Waals surface area contributed by atoms with Crippen LogP contribution in [-0.2, 0) is 27.3 Å². The molecule has 0 aliphatic heterocycles. The number of halogens is 4. The van der Waals surface area contributed by atoms with Crippen molar-refractivity contribution in [1.29, 1.82) is 0 Å². The molecule has 0 aliphatic carbocycles. The first-order chi connectivity index (χ1) is 18.1. The number of benzene rings is 2. The molecule has 0 saturated heterocycles. The summed E-state index contributed by atoms with van der Waals surface area (Å²) in [5.41, 5.74) is 1.00.